The lowest BCUT2D eigenvalue weighted by Crippen LogP contribution is -2.14. The van der Waals surface area contributed by atoms with Crippen molar-refractivity contribution in [3.05, 3.63) is 48.3 Å². The number of amides is 1. The van der Waals surface area contributed by atoms with Gasteiger partial charge in [0.1, 0.15) is 5.69 Å². The third-order valence-electron chi connectivity index (χ3n) is 2.37. The summed E-state index contributed by atoms with van der Waals surface area (Å²) in [7, 11) is 0. The Kier molecular flexibility index (Phi) is 3.84. The summed E-state index contributed by atoms with van der Waals surface area (Å²) >= 11 is 1.58. The fraction of sp³-hybridized carbons (Fsp3) is 0.0769. The number of nitrogen functional groups attached to an aromatic ring is 1. The van der Waals surface area contributed by atoms with Crippen LogP contribution in [0.3, 0.4) is 0 Å². The van der Waals surface area contributed by atoms with Crippen LogP contribution in [0, 0.1) is 0 Å². The number of anilines is 2. The van der Waals surface area contributed by atoms with E-state index >= 15 is 0 Å². The average molecular weight is 259 g/mol. The number of nitrogens with two attached hydrogens (primary N) is 1. The van der Waals surface area contributed by atoms with Gasteiger partial charge < -0.3 is 11.1 Å². The van der Waals surface area contributed by atoms with Crippen LogP contribution in [0.2, 0.25) is 0 Å². The Balaban J connectivity index is 2.18. The second-order valence-electron chi connectivity index (χ2n) is 3.63. The topological polar surface area (TPSA) is 68.0 Å². The molecule has 18 heavy (non-hydrogen) atoms. The summed E-state index contributed by atoms with van der Waals surface area (Å²) in [4.78, 5) is 17.0. The minimum Gasteiger partial charge on any atom is -0.397 e. The molecule has 3 N–H and O–H groups in total. The number of hydrogen-bond acceptors (Lipinski definition) is 4. The van der Waals surface area contributed by atoms with Crippen molar-refractivity contribution in [2.75, 3.05) is 17.3 Å². The van der Waals surface area contributed by atoms with Crippen LogP contribution in [0.4, 0.5) is 11.4 Å². The maximum Gasteiger partial charge on any atom is 0.274 e. The van der Waals surface area contributed by atoms with Gasteiger partial charge in [0.2, 0.25) is 0 Å². The summed E-state index contributed by atoms with van der Waals surface area (Å²) in [5.74, 6) is -0.239. The maximum atomic E-state index is 12.0. The average Bonchev–Trinajstić information content (AvgIpc) is 2.40. The molecule has 0 unspecified atom stereocenters. The number of thioether (sulfide) groups is 1. The predicted molar refractivity (Wildman–Crippen MR) is 74.8 cm³/mol. The predicted octanol–water partition coefficient (Wildman–Crippen LogP) is 2.64. The van der Waals surface area contributed by atoms with Crippen molar-refractivity contribution in [2.24, 2.45) is 0 Å². The number of carbonyl (C=O) groups is 1. The number of aromatic nitrogens is 1. The zero-order valence-corrected chi connectivity index (χ0v) is 10.7. The van der Waals surface area contributed by atoms with E-state index in [4.69, 9.17) is 5.73 Å². The first kappa shape index (κ1) is 12.4. The van der Waals surface area contributed by atoms with Gasteiger partial charge in [0.25, 0.3) is 5.91 Å². The van der Waals surface area contributed by atoms with Crippen molar-refractivity contribution in [3.8, 4) is 0 Å². The number of carbonyl (C=O) groups excluding carboxylic acids is 1. The lowest BCUT2D eigenvalue weighted by molar-refractivity contribution is 0.102. The Morgan fingerprint density at radius 2 is 2.06 bits per heavy atom. The molecule has 1 amide bonds. The molecule has 1 aromatic heterocycles. The van der Waals surface area contributed by atoms with Crippen LogP contribution in [-0.2, 0) is 0 Å². The monoisotopic (exact) mass is 259 g/mol. The molecule has 1 heterocycles. The van der Waals surface area contributed by atoms with Crippen molar-refractivity contribution < 1.29 is 4.79 Å². The number of hydrogen-bond donors (Lipinski definition) is 2. The zero-order chi connectivity index (χ0) is 13.0. The highest BCUT2D eigenvalue weighted by molar-refractivity contribution is 7.98. The van der Waals surface area contributed by atoms with Gasteiger partial charge in [-0.1, -0.05) is 12.1 Å². The number of nitrogens with zero attached hydrogens (tertiary/aromatic N) is 1. The quantitative estimate of drug-likeness (QED) is 0.831. The fourth-order valence-corrected chi connectivity index (χ4v) is 2.03. The van der Waals surface area contributed by atoms with E-state index in [0.717, 1.165) is 10.6 Å². The molecule has 0 aliphatic heterocycles. The molecule has 0 bridgehead atoms. The highest BCUT2D eigenvalue weighted by Gasteiger charge is 2.09. The first-order valence-corrected chi connectivity index (χ1v) is 6.59. The molecule has 0 saturated heterocycles. The lowest BCUT2D eigenvalue weighted by Gasteiger charge is -2.08. The molecule has 2 aromatic rings. The van der Waals surface area contributed by atoms with Crippen molar-refractivity contribution in [1.82, 2.24) is 4.98 Å². The lowest BCUT2D eigenvalue weighted by atomic mass is 10.3. The second-order valence-corrected chi connectivity index (χ2v) is 4.48. The SMILES string of the molecule is CSc1ccccc1NC(=O)c1ccc(N)cn1. The van der Waals surface area contributed by atoms with E-state index in [1.54, 1.807) is 23.9 Å². The molecular formula is C13H13N3OS. The van der Waals surface area contributed by atoms with Crippen LogP contribution in [0.5, 0.6) is 0 Å². The van der Waals surface area contributed by atoms with Gasteiger partial charge in [-0.25, -0.2) is 4.98 Å². The van der Waals surface area contributed by atoms with Crippen LogP contribution in [0.1, 0.15) is 10.5 Å². The first-order valence-electron chi connectivity index (χ1n) is 5.36. The van der Waals surface area contributed by atoms with E-state index < -0.39 is 0 Å². The summed E-state index contributed by atoms with van der Waals surface area (Å²) < 4.78 is 0. The van der Waals surface area contributed by atoms with Crippen LogP contribution in [0.25, 0.3) is 0 Å². The molecule has 0 saturated carbocycles. The number of rotatable bonds is 3. The van der Waals surface area contributed by atoms with Crippen molar-refractivity contribution in [3.63, 3.8) is 0 Å². The van der Waals surface area contributed by atoms with Gasteiger partial charge in [-0.05, 0) is 30.5 Å². The van der Waals surface area contributed by atoms with Crippen LogP contribution >= 0.6 is 11.8 Å². The number of benzene rings is 1. The number of pyridine rings is 1. The minimum absolute atomic E-state index is 0.239. The Morgan fingerprint density at radius 1 is 1.28 bits per heavy atom. The van der Waals surface area contributed by atoms with E-state index in [1.165, 1.54) is 6.20 Å². The molecule has 0 radical (unpaired) electrons. The van der Waals surface area contributed by atoms with Gasteiger partial charge in [0.05, 0.1) is 17.6 Å². The highest BCUT2D eigenvalue weighted by atomic mass is 32.2. The normalized spacial score (nSPS) is 10.1. The molecule has 1 aromatic carbocycles. The summed E-state index contributed by atoms with van der Waals surface area (Å²) in [6.07, 6.45) is 3.43. The van der Waals surface area contributed by atoms with E-state index in [0.29, 0.717) is 11.4 Å². The molecule has 0 fully saturated rings. The Labute approximate surface area is 110 Å². The van der Waals surface area contributed by atoms with Crippen LogP contribution in [-0.4, -0.2) is 17.1 Å². The summed E-state index contributed by atoms with van der Waals surface area (Å²) in [6, 6.07) is 10.9. The summed E-state index contributed by atoms with van der Waals surface area (Å²) in [5.41, 5.74) is 7.20. The van der Waals surface area contributed by atoms with Gasteiger partial charge in [0, 0.05) is 4.90 Å². The second kappa shape index (κ2) is 5.55. The van der Waals surface area contributed by atoms with E-state index in [-0.39, 0.29) is 5.91 Å². The third kappa shape index (κ3) is 2.81. The highest BCUT2D eigenvalue weighted by Crippen LogP contribution is 2.24. The van der Waals surface area contributed by atoms with Crippen molar-refractivity contribution >= 4 is 29.0 Å². The molecule has 0 aliphatic rings. The third-order valence-corrected chi connectivity index (χ3v) is 3.17. The largest absolute Gasteiger partial charge is 0.397 e. The zero-order valence-electron chi connectivity index (χ0n) is 9.88. The Morgan fingerprint density at radius 3 is 2.72 bits per heavy atom. The molecule has 0 atom stereocenters. The van der Waals surface area contributed by atoms with Crippen molar-refractivity contribution in [2.45, 2.75) is 4.90 Å². The van der Waals surface area contributed by atoms with Gasteiger partial charge in [-0.2, -0.15) is 0 Å². The van der Waals surface area contributed by atoms with Gasteiger partial charge in [0.15, 0.2) is 0 Å². The summed E-state index contributed by atoms with van der Waals surface area (Å²) in [5, 5.41) is 2.83. The molecule has 2 rings (SSSR count). The van der Waals surface area contributed by atoms with Crippen LogP contribution in [0.15, 0.2) is 47.5 Å². The molecule has 5 heteroatoms. The van der Waals surface area contributed by atoms with E-state index in [2.05, 4.69) is 10.3 Å². The van der Waals surface area contributed by atoms with E-state index in [9.17, 15) is 4.79 Å². The van der Waals surface area contributed by atoms with Gasteiger partial charge in [-0.3, -0.25) is 4.79 Å². The molecule has 0 aliphatic carbocycles. The molecule has 0 spiro atoms. The van der Waals surface area contributed by atoms with E-state index in [1.807, 2.05) is 30.5 Å². The minimum atomic E-state index is -0.239. The smallest absolute Gasteiger partial charge is 0.274 e. The maximum absolute atomic E-state index is 12.0. The standard InChI is InChI=1S/C13H13N3OS/c1-18-12-5-3-2-4-10(12)16-13(17)11-7-6-9(14)8-15-11/h2-8H,14H2,1H3,(H,16,17). The molecule has 4 nitrogen and oxygen atoms in total. The van der Waals surface area contributed by atoms with Crippen molar-refractivity contribution in [1.29, 1.82) is 0 Å². The van der Waals surface area contributed by atoms with Gasteiger partial charge in [-0.15, -0.1) is 11.8 Å². The molecular weight excluding hydrogens is 246 g/mol. The Bertz CT molecular complexity index is 554. The first-order chi connectivity index (χ1) is 8.70. The summed E-state index contributed by atoms with van der Waals surface area (Å²) in [6.45, 7) is 0. The fourth-order valence-electron chi connectivity index (χ4n) is 1.47. The molecule has 92 valence electrons. The number of nitrogens with one attached hydrogen (secondary N) is 1. The van der Waals surface area contributed by atoms with Crippen LogP contribution < -0.4 is 11.1 Å². The van der Waals surface area contributed by atoms with Gasteiger partial charge >= 0.3 is 0 Å². The number of para-hydroxylation sites is 1. The Hall–Kier alpha value is -2.01.